The number of aromatic nitrogens is 2. The van der Waals surface area contributed by atoms with Gasteiger partial charge in [0.05, 0.1) is 17.8 Å². The molecular formula is C16H26N4O2. The van der Waals surface area contributed by atoms with Crippen LogP contribution in [-0.2, 0) is 4.79 Å². The lowest BCUT2D eigenvalue weighted by Crippen LogP contribution is -2.39. The fourth-order valence-corrected chi connectivity index (χ4v) is 2.60. The summed E-state index contributed by atoms with van der Waals surface area (Å²) >= 11 is 0. The summed E-state index contributed by atoms with van der Waals surface area (Å²) in [6, 6.07) is 0.0987. The van der Waals surface area contributed by atoms with E-state index in [-0.39, 0.29) is 29.3 Å². The third kappa shape index (κ3) is 4.08. The Morgan fingerprint density at radius 2 is 2.14 bits per heavy atom. The van der Waals surface area contributed by atoms with Crippen LogP contribution in [-0.4, -0.2) is 45.6 Å². The molecule has 0 radical (unpaired) electrons. The van der Waals surface area contributed by atoms with E-state index in [2.05, 4.69) is 31.2 Å². The van der Waals surface area contributed by atoms with E-state index in [4.69, 9.17) is 0 Å². The number of hydrogen-bond donors (Lipinski definition) is 1. The second-order valence-electron chi connectivity index (χ2n) is 7.51. The van der Waals surface area contributed by atoms with Gasteiger partial charge in [0.25, 0.3) is 5.91 Å². The Morgan fingerprint density at radius 1 is 1.45 bits per heavy atom. The molecule has 1 aromatic rings. The number of hydrogen-bond acceptors (Lipinski definition) is 3. The van der Waals surface area contributed by atoms with Gasteiger partial charge in [-0.2, -0.15) is 5.10 Å². The van der Waals surface area contributed by atoms with E-state index in [9.17, 15) is 9.59 Å². The molecule has 2 amide bonds. The average molecular weight is 306 g/mol. The Bertz CT molecular complexity index is 557. The van der Waals surface area contributed by atoms with Crippen LogP contribution >= 0.6 is 0 Å². The second-order valence-corrected chi connectivity index (χ2v) is 7.51. The van der Waals surface area contributed by atoms with Crippen molar-refractivity contribution in [3.05, 3.63) is 18.0 Å². The fraction of sp³-hybridized carbons (Fsp3) is 0.688. The van der Waals surface area contributed by atoms with Crippen molar-refractivity contribution in [2.45, 2.75) is 53.1 Å². The summed E-state index contributed by atoms with van der Waals surface area (Å²) in [5, 5.41) is 7.11. The summed E-state index contributed by atoms with van der Waals surface area (Å²) in [4.78, 5) is 26.1. The van der Waals surface area contributed by atoms with E-state index in [0.717, 1.165) is 0 Å². The van der Waals surface area contributed by atoms with Crippen molar-refractivity contribution < 1.29 is 9.59 Å². The average Bonchev–Trinajstić information content (AvgIpc) is 2.95. The van der Waals surface area contributed by atoms with E-state index in [0.29, 0.717) is 25.1 Å². The van der Waals surface area contributed by atoms with Crippen LogP contribution < -0.4 is 5.32 Å². The van der Waals surface area contributed by atoms with Gasteiger partial charge in [-0.05, 0) is 19.3 Å². The molecule has 1 aliphatic rings. The summed E-state index contributed by atoms with van der Waals surface area (Å²) in [7, 11) is 0. The molecule has 0 aromatic carbocycles. The van der Waals surface area contributed by atoms with Gasteiger partial charge in [-0.1, -0.05) is 20.8 Å². The normalized spacial score (nSPS) is 19.1. The van der Waals surface area contributed by atoms with Gasteiger partial charge < -0.3 is 10.2 Å². The highest BCUT2D eigenvalue weighted by Gasteiger charge is 2.33. The van der Waals surface area contributed by atoms with Crippen LogP contribution in [0, 0.1) is 5.41 Å². The molecule has 1 atom stereocenters. The maximum Gasteiger partial charge on any atom is 0.254 e. The van der Waals surface area contributed by atoms with Gasteiger partial charge >= 0.3 is 0 Å². The lowest BCUT2D eigenvalue weighted by Gasteiger charge is -2.26. The fourth-order valence-electron chi connectivity index (χ4n) is 2.60. The first-order chi connectivity index (χ1) is 10.2. The molecule has 0 aliphatic carbocycles. The van der Waals surface area contributed by atoms with Crippen molar-refractivity contribution >= 4 is 11.8 Å². The zero-order valence-electron chi connectivity index (χ0n) is 14.1. The number of nitrogens with one attached hydrogen (secondary N) is 1. The van der Waals surface area contributed by atoms with Crippen molar-refractivity contribution in [3.8, 4) is 0 Å². The maximum atomic E-state index is 12.2. The highest BCUT2D eigenvalue weighted by molar-refractivity contribution is 5.94. The smallest absolute Gasteiger partial charge is 0.254 e. The van der Waals surface area contributed by atoms with E-state index in [1.807, 2.05) is 18.7 Å². The molecule has 2 heterocycles. The Hall–Kier alpha value is -1.85. The summed E-state index contributed by atoms with van der Waals surface area (Å²) in [5.74, 6) is -0.0552. The Kier molecular flexibility index (Phi) is 4.58. The molecule has 6 heteroatoms. The minimum atomic E-state index is -0.165. The number of rotatable bonds is 4. The van der Waals surface area contributed by atoms with Crippen LogP contribution in [0.3, 0.4) is 0 Å². The van der Waals surface area contributed by atoms with E-state index >= 15 is 0 Å². The minimum absolute atomic E-state index is 0.0625. The molecule has 0 saturated carbocycles. The first-order valence-corrected chi connectivity index (χ1v) is 7.78. The standard InChI is InChI=1S/C16H26N4O2/c1-11(2)20-8-12(7-17-20)15(22)18-13-6-14(21)19(9-13)10-16(3,4)5/h7-8,11,13H,6,9-10H2,1-5H3,(H,18,22). The van der Waals surface area contributed by atoms with Crippen molar-refractivity contribution in [2.24, 2.45) is 5.41 Å². The molecule has 1 aliphatic heterocycles. The largest absolute Gasteiger partial charge is 0.347 e. The van der Waals surface area contributed by atoms with Crippen LogP contribution in [0.15, 0.2) is 12.4 Å². The molecule has 1 aromatic heterocycles. The van der Waals surface area contributed by atoms with Crippen molar-refractivity contribution in [1.29, 1.82) is 0 Å². The van der Waals surface area contributed by atoms with Gasteiger partial charge in [0.1, 0.15) is 0 Å². The topological polar surface area (TPSA) is 67.2 Å². The lowest BCUT2D eigenvalue weighted by atomic mass is 9.96. The van der Waals surface area contributed by atoms with Crippen LogP contribution in [0.25, 0.3) is 0 Å². The van der Waals surface area contributed by atoms with E-state index in [1.165, 1.54) is 0 Å². The molecule has 1 saturated heterocycles. The van der Waals surface area contributed by atoms with Gasteiger partial charge in [-0.15, -0.1) is 0 Å². The maximum absolute atomic E-state index is 12.2. The number of carbonyl (C=O) groups is 2. The summed E-state index contributed by atoms with van der Waals surface area (Å²) in [6.07, 6.45) is 3.68. The monoisotopic (exact) mass is 306 g/mol. The molecule has 1 unspecified atom stereocenters. The summed E-state index contributed by atoms with van der Waals surface area (Å²) in [6.45, 7) is 11.6. The van der Waals surface area contributed by atoms with Crippen LogP contribution in [0.1, 0.15) is 57.4 Å². The highest BCUT2D eigenvalue weighted by atomic mass is 16.2. The quantitative estimate of drug-likeness (QED) is 0.923. The summed E-state index contributed by atoms with van der Waals surface area (Å²) in [5.41, 5.74) is 0.600. The van der Waals surface area contributed by atoms with Gasteiger partial charge in [-0.3, -0.25) is 14.3 Å². The van der Waals surface area contributed by atoms with Crippen LogP contribution in [0.2, 0.25) is 0 Å². The molecule has 122 valence electrons. The Labute approximate surface area is 131 Å². The van der Waals surface area contributed by atoms with Gasteiger partial charge in [0, 0.05) is 31.7 Å². The van der Waals surface area contributed by atoms with E-state index < -0.39 is 0 Å². The molecule has 6 nitrogen and oxygen atoms in total. The molecule has 1 N–H and O–H groups in total. The number of likely N-dealkylation sites (tertiary alicyclic amines) is 1. The minimum Gasteiger partial charge on any atom is -0.347 e. The molecule has 22 heavy (non-hydrogen) atoms. The number of nitrogens with zero attached hydrogens (tertiary/aromatic N) is 3. The lowest BCUT2D eigenvalue weighted by molar-refractivity contribution is -0.128. The zero-order valence-corrected chi connectivity index (χ0v) is 14.1. The Morgan fingerprint density at radius 3 is 2.68 bits per heavy atom. The van der Waals surface area contributed by atoms with Crippen LogP contribution in [0.5, 0.6) is 0 Å². The predicted octanol–water partition coefficient (Wildman–Crippen LogP) is 1.84. The number of amides is 2. The molecule has 0 bridgehead atoms. The molecule has 2 rings (SSSR count). The molecule has 1 fully saturated rings. The zero-order chi connectivity index (χ0) is 16.5. The first kappa shape index (κ1) is 16.5. The van der Waals surface area contributed by atoms with Gasteiger partial charge in [0.2, 0.25) is 5.91 Å². The predicted molar refractivity (Wildman–Crippen MR) is 84.5 cm³/mol. The first-order valence-electron chi connectivity index (χ1n) is 7.78. The van der Waals surface area contributed by atoms with Crippen molar-refractivity contribution in [3.63, 3.8) is 0 Å². The van der Waals surface area contributed by atoms with E-state index in [1.54, 1.807) is 17.1 Å². The third-order valence-corrected chi connectivity index (χ3v) is 3.61. The molecule has 0 spiro atoms. The highest BCUT2D eigenvalue weighted by Crippen LogP contribution is 2.20. The molecular weight excluding hydrogens is 280 g/mol. The van der Waals surface area contributed by atoms with Gasteiger partial charge in [-0.25, -0.2) is 0 Å². The van der Waals surface area contributed by atoms with Crippen molar-refractivity contribution in [1.82, 2.24) is 20.0 Å². The SMILES string of the molecule is CC(C)n1cc(C(=O)NC2CC(=O)N(CC(C)(C)C)C2)cn1. The summed E-state index contributed by atoms with van der Waals surface area (Å²) < 4.78 is 1.75. The third-order valence-electron chi connectivity index (χ3n) is 3.61. The van der Waals surface area contributed by atoms with Gasteiger partial charge in [0.15, 0.2) is 0 Å². The van der Waals surface area contributed by atoms with Crippen LogP contribution in [0.4, 0.5) is 0 Å². The number of carbonyl (C=O) groups excluding carboxylic acids is 2. The Balaban J connectivity index is 1.94. The van der Waals surface area contributed by atoms with Crippen molar-refractivity contribution in [2.75, 3.05) is 13.1 Å². The second kappa shape index (κ2) is 6.10.